The van der Waals surface area contributed by atoms with Gasteiger partial charge in [-0.3, -0.25) is 4.98 Å². The minimum atomic E-state index is -0.927. The number of aryl methyl sites for hydroxylation is 1. The number of pyridine rings is 1. The Bertz CT molecular complexity index is 476. The maximum atomic E-state index is 11.3. The summed E-state index contributed by atoms with van der Waals surface area (Å²) in [5, 5.41) is 9.28. The second-order valence-electron chi connectivity index (χ2n) is 5.07. The number of nitrogens with zero attached hydrogens (tertiary/aromatic N) is 2. The van der Waals surface area contributed by atoms with Gasteiger partial charge in [0.05, 0.1) is 11.8 Å². The molecule has 2 atom stereocenters. The second-order valence-corrected chi connectivity index (χ2v) is 5.07. The van der Waals surface area contributed by atoms with Gasteiger partial charge in [-0.15, -0.1) is 0 Å². The van der Waals surface area contributed by atoms with Crippen LogP contribution in [0.2, 0.25) is 0 Å². The molecule has 1 saturated heterocycles. The molecule has 1 fully saturated rings. The van der Waals surface area contributed by atoms with E-state index in [1.54, 1.807) is 7.11 Å². The lowest BCUT2D eigenvalue weighted by Crippen LogP contribution is -2.44. The van der Waals surface area contributed by atoms with E-state index in [2.05, 4.69) is 16.8 Å². The van der Waals surface area contributed by atoms with E-state index in [-0.39, 0.29) is 17.7 Å². The highest BCUT2D eigenvalue weighted by Gasteiger charge is 2.28. The Morgan fingerprint density at radius 3 is 2.89 bits per heavy atom. The largest absolute Gasteiger partial charge is 0.478 e. The van der Waals surface area contributed by atoms with Gasteiger partial charge in [0.25, 0.3) is 0 Å². The first-order chi connectivity index (χ1) is 9.02. The number of hydrogen-bond donors (Lipinski definition) is 1. The van der Waals surface area contributed by atoms with Crippen LogP contribution in [-0.4, -0.2) is 41.9 Å². The van der Waals surface area contributed by atoms with Gasteiger partial charge in [0, 0.05) is 31.6 Å². The smallest absolute Gasteiger partial charge is 0.339 e. The van der Waals surface area contributed by atoms with E-state index in [4.69, 9.17) is 4.74 Å². The fourth-order valence-electron chi connectivity index (χ4n) is 2.65. The molecule has 0 radical (unpaired) electrons. The van der Waals surface area contributed by atoms with Crippen LogP contribution in [0.1, 0.15) is 35.8 Å². The third-order valence-corrected chi connectivity index (χ3v) is 3.72. The maximum Gasteiger partial charge on any atom is 0.339 e. The lowest BCUT2D eigenvalue weighted by molar-refractivity contribution is 0.0690. The summed E-state index contributed by atoms with van der Waals surface area (Å²) in [4.78, 5) is 17.5. The molecule has 5 nitrogen and oxygen atoms in total. The van der Waals surface area contributed by atoms with Crippen molar-refractivity contribution in [2.75, 3.05) is 18.6 Å². The molecule has 0 amide bonds. The predicted octanol–water partition coefficient (Wildman–Crippen LogP) is 2.09. The first-order valence-electron chi connectivity index (χ1n) is 6.52. The van der Waals surface area contributed by atoms with Crippen molar-refractivity contribution in [2.24, 2.45) is 0 Å². The molecular formula is C14H20N2O3. The van der Waals surface area contributed by atoms with Crippen LogP contribution < -0.4 is 4.90 Å². The highest BCUT2D eigenvalue weighted by atomic mass is 16.5. The molecule has 2 rings (SSSR count). The minimum Gasteiger partial charge on any atom is -0.478 e. The van der Waals surface area contributed by atoms with Gasteiger partial charge in [-0.1, -0.05) is 0 Å². The molecule has 0 aliphatic carbocycles. The topological polar surface area (TPSA) is 62.7 Å². The third-order valence-electron chi connectivity index (χ3n) is 3.72. The zero-order valence-electron chi connectivity index (χ0n) is 11.6. The number of rotatable bonds is 3. The monoisotopic (exact) mass is 264 g/mol. The summed E-state index contributed by atoms with van der Waals surface area (Å²) >= 11 is 0. The molecule has 0 spiro atoms. The van der Waals surface area contributed by atoms with Gasteiger partial charge in [0.1, 0.15) is 5.56 Å². The summed E-state index contributed by atoms with van der Waals surface area (Å²) in [6.45, 7) is 4.79. The molecule has 19 heavy (non-hydrogen) atoms. The molecule has 1 aliphatic rings. The van der Waals surface area contributed by atoms with Crippen molar-refractivity contribution in [1.82, 2.24) is 4.98 Å². The Kier molecular flexibility index (Phi) is 4.04. The van der Waals surface area contributed by atoms with Crippen molar-refractivity contribution < 1.29 is 14.6 Å². The number of ether oxygens (including phenoxy) is 1. The first-order valence-corrected chi connectivity index (χ1v) is 6.52. The van der Waals surface area contributed by atoms with E-state index in [9.17, 15) is 9.90 Å². The third kappa shape index (κ3) is 2.87. The molecule has 2 heterocycles. The van der Waals surface area contributed by atoms with E-state index < -0.39 is 5.97 Å². The molecule has 1 aromatic rings. The van der Waals surface area contributed by atoms with E-state index in [0.29, 0.717) is 0 Å². The van der Waals surface area contributed by atoms with Gasteiger partial charge in [0.15, 0.2) is 0 Å². The van der Waals surface area contributed by atoms with Crippen molar-refractivity contribution in [3.8, 4) is 0 Å². The quantitative estimate of drug-likeness (QED) is 0.905. The number of anilines is 1. The normalized spacial score (nSPS) is 23.4. The highest BCUT2D eigenvalue weighted by Crippen LogP contribution is 2.29. The summed E-state index contributed by atoms with van der Waals surface area (Å²) in [6, 6.07) is 2.12. The van der Waals surface area contributed by atoms with Gasteiger partial charge in [-0.05, 0) is 32.8 Å². The van der Waals surface area contributed by atoms with E-state index in [1.807, 2.05) is 13.0 Å². The van der Waals surface area contributed by atoms with Crippen LogP contribution in [-0.2, 0) is 4.74 Å². The van der Waals surface area contributed by atoms with Crippen molar-refractivity contribution >= 4 is 11.7 Å². The number of aromatic carboxylic acids is 1. The van der Waals surface area contributed by atoms with Crippen molar-refractivity contribution in [3.05, 3.63) is 23.5 Å². The minimum absolute atomic E-state index is 0.263. The number of carboxylic acids is 1. The lowest BCUT2D eigenvalue weighted by atomic mass is 9.99. The van der Waals surface area contributed by atoms with Crippen LogP contribution in [0.15, 0.2) is 12.3 Å². The van der Waals surface area contributed by atoms with Gasteiger partial charge < -0.3 is 14.7 Å². The molecule has 0 aromatic carbocycles. The van der Waals surface area contributed by atoms with Gasteiger partial charge >= 0.3 is 5.97 Å². The summed E-state index contributed by atoms with van der Waals surface area (Å²) < 4.78 is 5.39. The molecule has 5 heteroatoms. The van der Waals surface area contributed by atoms with Gasteiger partial charge in [-0.25, -0.2) is 4.79 Å². The Hall–Kier alpha value is -1.62. The van der Waals surface area contributed by atoms with Crippen LogP contribution in [0.25, 0.3) is 0 Å². The first kappa shape index (κ1) is 13.8. The Balaban J connectivity index is 2.31. The molecule has 1 aromatic heterocycles. The number of methoxy groups -OCH3 is 1. The van der Waals surface area contributed by atoms with Crippen LogP contribution in [0.5, 0.6) is 0 Å². The Morgan fingerprint density at radius 1 is 1.58 bits per heavy atom. The standard InChI is InChI=1S/C14H20N2O3/c1-9-6-13(12(8-15-9)14(17)18)16-5-4-11(19-3)7-10(16)2/h6,8,10-11H,4-5,7H2,1-3H3,(H,17,18). The predicted molar refractivity (Wildman–Crippen MR) is 72.8 cm³/mol. The highest BCUT2D eigenvalue weighted by molar-refractivity contribution is 5.94. The molecule has 2 unspecified atom stereocenters. The van der Waals surface area contributed by atoms with E-state index >= 15 is 0 Å². The molecule has 104 valence electrons. The second kappa shape index (κ2) is 5.57. The summed E-state index contributed by atoms with van der Waals surface area (Å²) in [5.74, 6) is -0.927. The molecule has 1 N–H and O–H groups in total. The maximum absolute atomic E-state index is 11.3. The Labute approximate surface area is 113 Å². The average Bonchev–Trinajstić information content (AvgIpc) is 2.38. The number of hydrogen-bond acceptors (Lipinski definition) is 4. The molecular weight excluding hydrogens is 244 g/mol. The fourth-order valence-corrected chi connectivity index (χ4v) is 2.65. The molecule has 0 bridgehead atoms. The van der Waals surface area contributed by atoms with Crippen molar-refractivity contribution in [3.63, 3.8) is 0 Å². The zero-order chi connectivity index (χ0) is 14.0. The molecule has 1 aliphatic heterocycles. The fraction of sp³-hybridized carbons (Fsp3) is 0.571. The van der Waals surface area contributed by atoms with E-state index in [1.165, 1.54) is 6.20 Å². The lowest BCUT2D eigenvalue weighted by Gasteiger charge is -2.39. The summed E-state index contributed by atoms with van der Waals surface area (Å²) in [6.07, 6.45) is 3.54. The van der Waals surface area contributed by atoms with Gasteiger partial charge in [-0.2, -0.15) is 0 Å². The SMILES string of the molecule is COC1CCN(c2cc(C)ncc2C(=O)O)C(C)C1. The number of aromatic nitrogens is 1. The van der Waals surface area contributed by atoms with E-state index in [0.717, 1.165) is 30.8 Å². The average molecular weight is 264 g/mol. The Morgan fingerprint density at radius 2 is 2.32 bits per heavy atom. The van der Waals surface area contributed by atoms with Crippen LogP contribution in [0, 0.1) is 6.92 Å². The summed E-state index contributed by atoms with van der Waals surface area (Å²) in [5.41, 5.74) is 1.87. The summed E-state index contributed by atoms with van der Waals surface area (Å²) in [7, 11) is 1.73. The zero-order valence-corrected chi connectivity index (χ0v) is 11.6. The van der Waals surface area contributed by atoms with Crippen molar-refractivity contribution in [2.45, 2.75) is 38.8 Å². The number of piperidine rings is 1. The van der Waals surface area contributed by atoms with Crippen LogP contribution >= 0.6 is 0 Å². The number of carbonyl (C=O) groups is 1. The van der Waals surface area contributed by atoms with Crippen LogP contribution in [0.4, 0.5) is 5.69 Å². The van der Waals surface area contributed by atoms with Crippen molar-refractivity contribution in [1.29, 1.82) is 0 Å². The van der Waals surface area contributed by atoms with Crippen LogP contribution in [0.3, 0.4) is 0 Å². The number of carboxylic acid groups (broad SMARTS) is 1. The van der Waals surface area contributed by atoms with Gasteiger partial charge in [0.2, 0.25) is 0 Å². The molecule has 0 saturated carbocycles.